The molecule has 2 heteroatoms. The first kappa shape index (κ1) is 15.2. The van der Waals surface area contributed by atoms with Crippen LogP contribution in [0.4, 0.5) is 0 Å². The van der Waals surface area contributed by atoms with E-state index in [0.29, 0.717) is 11.5 Å². The second kappa shape index (κ2) is 5.36. The molecular formula is C21H29NO. The van der Waals surface area contributed by atoms with E-state index in [1.807, 2.05) is 12.1 Å². The Kier molecular flexibility index (Phi) is 3.55. The molecule has 1 aromatic carbocycles. The Hall–Kier alpha value is -1.31. The lowest BCUT2D eigenvalue weighted by atomic mass is 9.48. The minimum atomic E-state index is 0.111. The van der Waals surface area contributed by atoms with Crippen LogP contribution in [0.1, 0.15) is 66.9 Å². The van der Waals surface area contributed by atoms with E-state index in [-0.39, 0.29) is 5.91 Å². The van der Waals surface area contributed by atoms with Crippen LogP contribution in [0.15, 0.2) is 18.2 Å². The number of hydrogen-bond donors (Lipinski definition) is 1. The number of nitrogens with one attached hydrogen (secondary N) is 1. The first-order valence-electron chi connectivity index (χ1n) is 9.33. The number of rotatable bonds is 3. The summed E-state index contributed by atoms with van der Waals surface area (Å²) >= 11 is 0. The standard InChI is InChI=1S/C21H29NO/c1-13-4-14(2)6-19(5-13)20(23)22-15(3)21-10-16-7-17(11-21)9-18(8-16)12-21/h4-6,15-18H,7-12H2,1-3H3,(H,22,23). The summed E-state index contributed by atoms with van der Waals surface area (Å²) in [5, 5.41) is 3.37. The van der Waals surface area contributed by atoms with Crippen LogP contribution >= 0.6 is 0 Å². The summed E-state index contributed by atoms with van der Waals surface area (Å²) in [5.74, 6) is 2.91. The predicted molar refractivity (Wildman–Crippen MR) is 93.4 cm³/mol. The van der Waals surface area contributed by atoms with E-state index in [2.05, 4.69) is 32.2 Å². The van der Waals surface area contributed by atoms with E-state index in [1.165, 1.54) is 38.5 Å². The van der Waals surface area contributed by atoms with E-state index in [9.17, 15) is 4.79 Å². The van der Waals surface area contributed by atoms with Crippen molar-refractivity contribution in [3.8, 4) is 0 Å². The largest absolute Gasteiger partial charge is 0.349 e. The summed E-state index contributed by atoms with van der Waals surface area (Å²) in [6.45, 7) is 6.38. The van der Waals surface area contributed by atoms with Crippen LogP contribution in [0, 0.1) is 37.0 Å². The third kappa shape index (κ3) is 2.70. The van der Waals surface area contributed by atoms with E-state index < -0.39 is 0 Å². The Morgan fingerprint density at radius 3 is 1.96 bits per heavy atom. The molecule has 0 radical (unpaired) electrons. The quantitative estimate of drug-likeness (QED) is 0.866. The predicted octanol–water partition coefficient (Wildman–Crippen LogP) is 4.64. The molecule has 0 aromatic heterocycles. The lowest BCUT2D eigenvalue weighted by Gasteiger charge is -2.59. The first-order valence-corrected chi connectivity index (χ1v) is 9.33. The Balaban J connectivity index is 1.51. The highest BCUT2D eigenvalue weighted by atomic mass is 16.1. The molecule has 4 fully saturated rings. The number of aryl methyl sites for hydroxylation is 2. The van der Waals surface area contributed by atoms with Crippen LogP contribution in [-0.4, -0.2) is 11.9 Å². The van der Waals surface area contributed by atoms with Crippen molar-refractivity contribution in [2.75, 3.05) is 0 Å². The third-order valence-electron chi connectivity index (χ3n) is 6.84. The lowest BCUT2D eigenvalue weighted by molar-refractivity contribution is -0.0688. The minimum absolute atomic E-state index is 0.111. The number of hydrogen-bond acceptors (Lipinski definition) is 1. The molecule has 0 heterocycles. The molecule has 0 saturated heterocycles. The zero-order chi connectivity index (χ0) is 16.2. The molecule has 1 unspecified atom stereocenters. The van der Waals surface area contributed by atoms with Crippen molar-refractivity contribution in [2.24, 2.45) is 23.2 Å². The zero-order valence-corrected chi connectivity index (χ0v) is 14.7. The van der Waals surface area contributed by atoms with Crippen molar-refractivity contribution < 1.29 is 4.79 Å². The van der Waals surface area contributed by atoms with Crippen molar-refractivity contribution in [3.05, 3.63) is 34.9 Å². The molecule has 4 saturated carbocycles. The summed E-state index contributed by atoms with van der Waals surface area (Å²) in [4.78, 5) is 12.7. The summed E-state index contributed by atoms with van der Waals surface area (Å²) in [5.41, 5.74) is 3.53. The van der Waals surface area contributed by atoms with Gasteiger partial charge in [0.2, 0.25) is 0 Å². The second-order valence-electron chi connectivity index (χ2n) is 8.85. The molecule has 4 aliphatic carbocycles. The normalized spacial score (nSPS) is 36.0. The van der Waals surface area contributed by atoms with Gasteiger partial charge in [0.05, 0.1) is 0 Å². The van der Waals surface area contributed by atoms with E-state index in [0.717, 1.165) is 34.4 Å². The maximum Gasteiger partial charge on any atom is 0.251 e. The second-order valence-corrected chi connectivity index (χ2v) is 8.85. The average Bonchev–Trinajstić information content (AvgIpc) is 2.44. The summed E-state index contributed by atoms with van der Waals surface area (Å²) in [6.07, 6.45) is 8.39. The first-order chi connectivity index (χ1) is 10.9. The van der Waals surface area contributed by atoms with Crippen LogP contribution in [0.5, 0.6) is 0 Å². The monoisotopic (exact) mass is 311 g/mol. The SMILES string of the molecule is Cc1cc(C)cc(C(=O)NC(C)C23CC4CC(CC(C4)C2)C3)c1. The average molecular weight is 311 g/mol. The lowest BCUT2D eigenvalue weighted by Crippen LogP contribution is -2.55. The fourth-order valence-electron chi connectivity index (χ4n) is 6.25. The number of benzene rings is 1. The Morgan fingerprint density at radius 2 is 1.48 bits per heavy atom. The van der Waals surface area contributed by atoms with Crippen molar-refractivity contribution in [3.63, 3.8) is 0 Å². The minimum Gasteiger partial charge on any atom is -0.349 e. The van der Waals surface area contributed by atoms with Crippen LogP contribution < -0.4 is 5.32 Å². The van der Waals surface area contributed by atoms with Gasteiger partial charge in [-0.15, -0.1) is 0 Å². The van der Waals surface area contributed by atoms with Gasteiger partial charge in [-0.1, -0.05) is 17.2 Å². The van der Waals surface area contributed by atoms with E-state index in [4.69, 9.17) is 0 Å². The van der Waals surface area contributed by atoms with Crippen LogP contribution in [-0.2, 0) is 0 Å². The molecule has 4 bridgehead atoms. The van der Waals surface area contributed by atoms with Gasteiger partial charge in [-0.2, -0.15) is 0 Å². The molecule has 2 nitrogen and oxygen atoms in total. The van der Waals surface area contributed by atoms with Gasteiger partial charge >= 0.3 is 0 Å². The molecule has 0 aliphatic heterocycles. The number of carbonyl (C=O) groups excluding carboxylic acids is 1. The third-order valence-corrected chi connectivity index (χ3v) is 6.84. The Morgan fingerprint density at radius 1 is 1.00 bits per heavy atom. The van der Waals surface area contributed by atoms with Crippen molar-refractivity contribution in [1.29, 1.82) is 0 Å². The van der Waals surface area contributed by atoms with Crippen molar-refractivity contribution in [1.82, 2.24) is 5.32 Å². The summed E-state index contributed by atoms with van der Waals surface area (Å²) < 4.78 is 0. The Labute approximate surface area is 140 Å². The molecule has 0 spiro atoms. The van der Waals surface area contributed by atoms with Crippen LogP contribution in [0.25, 0.3) is 0 Å². The molecular weight excluding hydrogens is 282 g/mol. The molecule has 23 heavy (non-hydrogen) atoms. The van der Waals surface area contributed by atoms with Gasteiger partial charge in [0, 0.05) is 11.6 Å². The molecule has 1 N–H and O–H groups in total. The number of carbonyl (C=O) groups is 1. The fraction of sp³-hybridized carbons (Fsp3) is 0.667. The van der Waals surface area contributed by atoms with Gasteiger partial charge in [-0.3, -0.25) is 4.79 Å². The highest BCUT2D eigenvalue weighted by molar-refractivity contribution is 5.94. The molecule has 1 amide bonds. The zero-order valence-electron chi connectivity index (χ0n) is 14.7. The highest BCUT2D eigenvalue weighted by Gasteiger charge is 2.53. The van der Waals surface area contributed by atoms with Crippen LogP contribution in [0.2, 0.25) is 0 Å². The molecule has 1 aromatic rings. The number of amides is 1. The summed E-state index contributed by atoms with van der Waals surface area (Å²) in [7, 11) is 0. The van der Waals surface area contributed by atoms with Gasteiger partial charge in [0.1, 0.15) is 0 Å². The van der Waals surface area contributed by atoms with E-state index >= 15 is 0 Å². The fourth-order valence-corrected chi connectivity index (χ4v) is 6.25. The maximum atomic E-state index is 12.7. The molecule has 5 rings (SSSR count). The topological polar surface area (TPSA) is 29.1 Å². The van der Waals surface area contributed by atoms with Gasteiger partial charge in [0.15, 0.2) is 0 Å². The van der Waals surface area contributed by atoms with Gasteiger partial charge in [0.25, 0.3) is 5.91 Å². The van der Waals surface area contributed by atoms with Gasteiger partial charge in [-0.25, -0.2) is 0 Å². The van der Waals surface area contributed by atoms with Crippen molar-refractivity contribution in [2.45, 2.75) is 65.3 Å². The Bertz CT molecular complexity index is 577. The van der Waals surface area contributed by atoms with Gasteiger partial charge in [-0.05, 0) is 94.6 Å². The smallest absolute Gasteiger partial charge is 0.251 e. The maximum absolute atomic E-state index is 12.7. The molecule has 1 atom stereocenters. The van der Waals surface area contributed by atoms with Gasteiger partial charge < -0.3 is 5.32 Å². The molecule has 4 aliphatic rings. The molecule has 124 valence electrons. The van der Waals surface area contributed by atoms with Crippen LogP contribution in [0.3, 0.4) is 0 Å². The van der Waals surface area contributed by atoms with E-state index in [1.54, 1.807) is 0 Å². The summed E-state index contributed by atoms with van der Waals surface area (Å²) in [6, 6.07) is 6.44. The van der Waals surface area contributed by atoms with Crippen molar-refractivity contribution >= 4 is 5.91 Å². The highest BCUT2D eigenvalue weighted by Crippen LogP contribution is 2.61.